The quantitative estimate of drug-likeness (QED) is 0.557. The summed E-state index contributed by atoms with van der Waals surface area (Å²) < 4.78 is 10.5. The molecule has 6 heteroatoms. The number of fused-ring (bicyclic) bond motifs is 1. The first-order valence-electron chi connectivity index (χ1n) is 6.79. The fourth-order valence-electron chi connectivity index (χ4n) is 2.25. The first-order chi connectivity index (χ1) is 11.1. The van der Waals surface area contributed by atoms with Gasteiger partial charge in [0.15, 0.2) is 0 Å². The molecule has 0 spiro atoms. The number of methoxy groups -OCH3 is 1. The molecule has 118 valence electrons. The number of para-hydroxylation sites is 1. The first-order valence-corrected chi connectivity index (χ1v) is 8.16. The number of thioether (sulfide) groups is 1. The van der Waals surface area contributed by atoms with Crippen molar-refractivity contribution in [2.24, 2.45) is 0 Å². The average molecular weight is 349 g/mol. The van der Waals surface area contributed by atoms with Gasteiger partial charge in [-0.2, -0.15) is 0 Å². The van der Waals surface area contributed by atoms with Crippen molar-refractivity contribution in [2.75, 3.05) is 7.11 Å². The Bertz CT molecular complexity index is 920. The van der Waals surface area contributed by atoms with Gasteiger partial charge in [-0.15, -0.1) is 11.8 Å². The van der Waals surface area contributed by atoms with Gasteiger partial charge >= 0.3 is 5.63 Å². The van der Waals surface area contributed by atoms with Crippen LogP contribution >= 0.6 is 23.4 Å². The predicted molar refractivity (Wildman–Crippen MR) is 91.7 cm³/mol. The van der Waals surface area contributed by atoms with E-state index in [1.54, 1.807) is 24.9 Å². The van der Waals surface area contributed by atoms with E-state index in [4.69, 9.17) is 20.8 Å². The van der Waals surface area contributed by atoms with Gasteiger partial charge in [-0.25, -0.2) is 4.79 Å². The average Bonchev–Trinajstić information content (AvgIpc) is 2.54. The lowest BCUT2D eigenvalue weighted by molar-refractivity contribution is 0.405. The topological polar surface area (TPSA) is 59.7 Å². The van der Waals surface area contributed by atoms with E-state index in [2.05, 4.69) is 0 Å². The molecule has 0 aliphatic carbocycles. The van der Waals surface area contributed by atoms with Crippen molar-refractivity contribution in [3.05, 3.63) is 63.5 Å². The van der Waals surface area contributed by atoms with Gasteiger partial charge in [0.2, 0.25) is 0 Å². The van der Waals surface area contributed by atoms with Crippen LogP contribution in [-0.2, 0) is 5.75 Å². The minimum Gasteiger partial charge on any atom is -0.506 e. The van der Waals surface area contributed by atoms with Crippen molar-refractivity contribution in [3.63, 3.8) is 0 Å². The van der Waals surface area contributed by atoms with Crippen LogP contribution in [-0.4, -0.2) is 12.2 Å². The highest BCUT2D eigenvalue weighted by molar-refractivity contribution is 7.98. The fourth-order valence-corrected chi connectivity index (χ4v) is 3.43. The molecule has 0 aliphatic heterocycles. The number of rotatable bonds is 4. The van der Waals surface area contributed by atoms with E-state index in [0.29, 0.717) is 16.7 Å². The highest BCUT2D eigenvalue weighted by Crippen LogP contribution is 2.35. The number of hydrogen-bond acceptors (Lipinski definition) is 5. The second kappa shape index (κ2) is 6.56. The van der Waals surface area contributed by atoms with E-state index < -0.39 is 5.63 Å². The third kappa shape index (κ3) is 3.30. The summed E-state index contributed by atoms with van der Waals surface area (Å²) in [5.41, 5.74) is 0.638. The van der Waals surface area contributed by atoms with E-state index >= 15 is 0 Å². The molecule has 23 heavy (non-hydrogen) atoms. The second-order valence-electron chi connectivity index (χ2n) is 4.83. The second-order valence-corrected chi connectivity index (χ2v) is 6.25. The zero-order valence-electron chi connectivity index (χ0n) is 12.2. The van der Waals surface area contributed by atoms with Crippen LogP contribution in [0.1, 0.15) is 5.56 Å². The van der Waals surface area contributed by atoms with Gasteiger partial charge in [0.05, 0.1) is 12.1 Å². The number of halogens is 1. The Morgan fingerprint density at radius 2 is 2.04 bits per heavy atom. The van der Waals surface area contributed by atoms with Crippen molar-refractivity contribution in [1.82, 2.24) is 0 Å². The highest BCUT2D eigenvalue weighted by Gasteiger charge is 2.11. The Balaban J connectivity index is 1.99. The molecular weight excluding hydrogens is 336 g/mol. The molecule has 2 aromatic carbocycles. The zero-order valence-corrected chi connectivity index (χ0v) is 13.8. The van der Waals surface area contributed by atoms with Crippen molar-refractivity contribution in [3.8, 4) is 11.5 Å². The number of phenols is 1. The summed E-state index contributed by atoms with van der Waals surface area (Å²) in [7, 11) is 1.62. The van der Waals surface area contributed by atoms with Crippen LogP contribution in [0.25, 0.3) is 11.0 Å². The van der Waals surface area contributed by atoms with Crippen LogP contribution < -0.4 is 10.4 Å². The zero-order chi connectivity index (χ0) is 16.4. The molecule has 4 nitrogen and oxygen atoms in total. The van der Waals surface area contributed by atoms with Crippen molar-refractivity contribution >= 4 is 34.3 Å². The van der Waals surface area contributed by atoms with Crippen LogP contribution in [0.5, 0.6) is 11.5 Å². The van der Waals surface area contributed by atoms with Gasteiger partial charge in [0, 0.05) is 28.2 Å². The van der Waals surface area contributed by atoms with E-state index in [1.807, 2.05) is 24.3 Å². The molecule has 3 aromatic rings. The van der Waals surface area contributed by atoms with Crippen LogP contribution in [0.3, 0.4) is 0 Å². The smallest absolute Gasteiger partial charge is 0.336 e. The number of benzene rings is 2. The maximum Gasteiger partial charge on any atom is 0.336 e. The number of aromatic hydroxyl groups is 1. The summed E-state index contributed by atoms with van der Waals surface area (Å²) in [6, 6.07) is 12.1. The minimum absolute atomic E-state index is 0.114. The molecule has 1 N–H and O–H groups in total. The van der Waals surface area contributed by atoms with Gasteiger partial charge < -0.3 is 14.3 Å². The molecule has 0 saturated heterocycles. The lowest BCUT2D eigenvalue weighted by Gasteiger charge is -2.09. The van der Waals surface area contributed by atoms with Crippen LogP contribution in [0.4, 0.5) is 0 Å². The summed E-state index contributed by atoms with van der Waals surface area (Å²) in [4.78, 5) is 12.7. The highest BCUT2D eigenvalue weighted by atomic mass is 35.5. The van der Waals surface area contributed by atoms with E-state index in [0.717, 1.165) is 16.2 Å². The Hall–Kier alpha value is -2.11. The predicted octanol–water partition coefficient (Wildman–Crippen LogP) is 4.45. The summed E-state index contributed by atoms with van der Waals surface area (Å²) in [6.45, 7) is 0. The third-order valence-corrected chi connectivity index (χ3v) is 4.76. The SMILES string of the molecule is COc1ccccc1SCc1cc(=O)oc2cc(O)c(Cl)cc12. The molecule has 0 unspecified atom stereocenters. The Kier molecular flexibility index (Phi) is 4.50. The molecule has 0 radical (unpaired) electrons. The van der Waals surface area contributed by atoms with E-state index in [1.165, 1.54) is 12.1 Å². The van der Waals surface area contributed by atoms with E-state index in [9.17, 15) is 9.90 Å². The van der Waals surface area contributed by atoms with Gasteiger partial charge in [-0.1, -0.05) is 23.7 Å². The fraction of sp³-hybridized carbons (Fsp3) is 0.118. The molecule has 0 atom stereocenters. The molecule has 0 saturated carbocycles. The van der Waals surface area contributed by atoms with Crippen molar-refractivity contribution in [2.45, 2.75) is 10.6 Å². The van der Waals surface area contributed by atoms with Gasteiger partial charge in [-0.05, 0) is 23.8 Å². The molecular formula is C17H13ClO4S. The number of phenolic OH excluding ortho intramolecular Hbond substituents is 1. The standard InChI is InChI=1S/C17H13ClO4S/c1-21-14-4-2-3-5-16(14)23-9-10-6-17(20)22-15-8-13(19)12(18)7-11(10)15/h2-8,19H,9H2,1H3. The van der Waals surface area contributed by atoms with E-state index in [-0.39, 0.29) is 10.8 Å². The van der Waals surface area contributed by atoms with Gasteiger partial charge in [0.25, 0.3) is 0 Å². The Morgan fingerprint density at radius 1 is 1.26 bits per heavy atom. The maximum atomic E-state index is 11.7. The molecule has 1 aromatic heterocycles. The molecule has 1 heterocycles. The van der Waals surface area contributed by atoms with Crippen LogP contribution in [0.15, 0.2) is 56.6 Å². The normalized spacial score (nSPS) is 10.9. The molecule has 0 amide bonds. The monoisotopic (exact) mass is 348 g/mol. The molecule has 3 rings (SSSR count). The lowest BCUT2D eigenvalue weighted by Crippen LogP contribution is -2.00. The summed E-state index contributed by atoms with van der Waals surface area (Å²) >= 11 is 7.51. The minimum atomic E-state index is -0.463. The van der Waals surface area contributed by atoms with Gasteiger partial charge in [0.1, 0.15) is 17.1 Å². The van der Waals surface area contributed by atoms with Crippen LogP contribution in [0, 0.1) is 0 Å². The molecule has 0 bridgehead atoms. The first kappa shape index (κ1) is 15.8. The largest absolute Gasteiger partial charge is 0.506 e. The van der Waals surface area contributed by atoms with Gasteiger partial charge in [-0.3, -0.25) is 0 Å². The Labute approximate surface area is 141 Å². The Morgan fingerprint density at radius 3 is 2.83 bits per heavy atom. The summed E-state index contributed by atoms with van der Waals surface area (Å²) in [5, 5.41) is 10.6. The maximum absolute atomic E-state index is 11.7. The number of ether oxygens (including phenoxy) is 1. The molecule has 0 fully saturated rings. The van der Waals surface area contributed by atoms with Crippen molar-refractivity contribution < 1.29 is 14.3 Å². The lowest BCUT2D eigenvalue weighted by atomic mass is 10.1. The summed E-state index contributed by atoms with van der Waals surface area (Å²) in [5.74, 6) is 1.21. The molecule has 0 aliphatic rings. The number of hydrogen-bond donors (Lipinski definition) is 1. The van der Waals surface area contributed by atoms with Crippen LogP contribution in [0.2, 0.25) is 5.02 Å². The van der Waals surface area contributed by atoms with Crippen molar-refractivity contribution in [1.29, 1.82) is 0 Å². The summed E-state index contributed by atoms with van der Waals surface area (Å²) in [6.07, 6.45) is 0. The third-order valence-electron chi connectivity index (χ3n) is 3.35.